The number of piperidine rings is 1. The average molecular weight is 292 g/mol. The number of likely N-dealkylation sites (tertiary alicyclic amines) is 1. The molecular formula is C11H15F3N4O2. The molecule has 0 spiro atoms. The first kappa shape index (κ1) is 14.6. The highest BCUT2D eigenvalue weighted by Crippen LogP contribution is 2.32. The van der Waals surface area contributed by atoms with Crippen molar-refractivity contribution in [2.75, 3.05) is 19.6 Å². The standard InChI is InChI=1S/C11H15F3N4O2/c1-2-15-10(19)18-5-3-7(4-6-18)8-16-17-9(20-8)11(12,13)14/h7H,2-6H2,1H3,(H,15,19). The van der Waals surface area contributed by atoms with Gasteiger partial charge in [0.25, 0.3) is 0 Å². The Bertz CT molecular complexity index is 466. The Kier molecular flexibility index (Phi) is 4.15. The number of alkyl halides is 3. The van der Waals surface area contributed by atoms with Crippen LogP contribution in [0.5, 0.6) is 0 Å². The summed E-state index contributed by atoms with van der Waals surface area (Å²) in [6.07, 6.45) is -3.60. The quantitative estimate of drug-likeness (QED) is 0.905. The van der Waals surface area contributed by atoms with Gasteiger partial charge in [0, 0.05) is 25.6 Å². The summed E-state index contributed by atoms with van der Waals surface area (Å²) in [5.74, 6) is -1.56. The number of carbonyl (C=O) groups excluding carboxylic acids is 1. The highest BCUT2D eigenvalue weighted by Gasteiger charge is 2.39. The molecule has 1 aromatic rings. The summed E-state index contributed by atoms with van der Waals surface area (Å²) in [4.78, 5) is 13.2. The van der Waals surface area contributed by atoms with Gasteiger partial charge in [-0.05, 0) is 19.8 Å². The fraction of sp³-hybridized carbons (Fsp3) is 0.727. The molecule has 0 saturated carbocycles. The molecule has 0 bridgehead atoms. The van der Waals surface area contributed by atoms with E-state index < -0.39 is 12.1 Å². The van der Waals surface area contributed by atoms with Crippen molar-refractivity contribution in [2.24, 2.45) is 0 Å². The van der Waals surface area contributed by atoms with Crippen LogP contribution in [0, 0.1) is 0 Å². The molecule has 0 unspecified atom stereocenters. The number of urea groups is 1. The largest absolute Gasteiger partial charge is 0.470 e. The van der Waals surface area contributed by atoms with E-state index in [1.807, 2.05) is 6.92 Å². The molecule has 112 valence electrons. The Morgan fingerprint density at radius 2 is 2.05 bits per heavy atom. The van der Waals surface area contributed by atoms with Gasteiger partial charge in [-0.1, -0.05) is 0 Å². The summed E-state index contributed by atoms with van der Waals surface area (Å²) >= 11 is 0. The molecule has 1 N–H and O–H groups in total. The van der Waals surface area contributed by atoms with Crippen LogP contribution < -0.4 is 5.32 Å². The van der Waals surface area contributed by atoms with E-state index >= 15 is 0 Å². The van der Waals surface area contributed by atoms with Crippen molar-refractivity contribution >= 4 is 6.03 Å². The van der Waals surface area contributed by atoms with E-state index in [4.69, 9.17) is 0 Å². The number of amides is 2. The molecule has 1 saturated heterocycles. The van der Waals surface area contributed by atoms with E-state index in [0.29, 0.717) is 32.5 Å². The first-order valence-corrected chi connectivity index (χ1v) is 6.35. The molecule has 0 aromatic carbocycles. The Hall–Kier alpha value is -1.80. The zero-order valence-electron chi connectivity index (χ0n) is 10.9. The fourth-order valence-electron chi connectivity index (χ4n) is 2.11. The highest BCUT2D eigenvalue weighted by molar-refractivity contribution is 5.74. The lowest BCUT2D eigenvalue weighted by Crippen LogP contribution is -2.44. The number of rotatable bonds is 2. The third-order valence-electron chi connectivity index (χ3n) is 3.14. The van der Waals surface area contributed by atoms with Crippen LogP contribution in [0.3, 0.4) is 0 Å². The van der Waals surface area contributed by atoms with Gasteiger partial charge in [-0.25, -0.2) is 4.79 Å². The van der Waals surface area contributed by atoms with Crippen molar-refractivity contribution in [1.29, 1.82) is 0 Å². The maximum atomic E-state index is 12.4. The molecule has 2 amide bonds. The normalized spacial score (nSPS) is 17.3. The summed E-state index contributed by atoms with van der Waals surface area (Å²) in [5, 5.41) is 9.15. The minimum Gasteiger partial charge on any atom is -0.417 e. The van der Waals surface area contributed by atoms with Crippen LogP contribution in [0.25, 0.3) is 0 Å². The maximum Gasteiger partial charge on any atom is 0.470 e. The van der Waals surface area contributed by atoms with Crippen molar-refractivity contribution in [3.05, 3.63) is 11.8 Å². The van der Waals surface area contributed by atoms with E-state index in [1.165, 1.54) is 0 Å². The van der Waals surface area contributed by atoms with Gasteiger partial charge in [-0.2, -0.15) is 13.2 Å². The molecule has 1 fully saturated rings. The second-order valence-corrected chi connectivity index (χ2v) is 4.54. The van der Waals surface area contributed by atoms with E-state index in [-0.39, 0.29) is 17.8 Å². The number of aromatic nitrogens is 2. The van der Waals surface area contributed by atoms with Crippen molar-refractivity contribution in [3.8, 4) is 0 Å². The molecule has 0 radical (unpaired) electrons. The Morgan fingerprint density at radius 1 is 1.40 bits per heavy atom. The summed E-state index contributed by atoms with van der Waals surface area (Å²) < 4.78 is 41.8. The van der Waals surface area contributed by atoms with Crippen LogP contribution in [-0.4, -0.2) is 40.8 Å². The summed E-state index contributed by atoms with van der Waals surface area (Å²) in [6, 6.07) is -0.160. The molecule has 6 nitrogen and oxygen atoms in total. The van der Waals surface area contributed by atoms with Gasteiger partial charge in [0.1, 0.15) is 0 Å². The third-order valence-corrected chi connectivity index (χ3v) is 3.14. The summed E-state index contributed by atoms with van der Waals surface area (Å²) in [5.41, 5.74) is 0. The van der Waals surface area contributed by atoms with Crippen LogP contribution >= 0.6 is 0 Å². The Balaban J connectivity index is 1.94. The molecule has 2 heterocycles. The Morgan fingerprint density at radius 3 is 2.55 bits per heavy atom. The average Bonchev–Trinajstić information content (AvgIpc) is 2.89. The van der Waals surface area contributed by atoms with Crippen LogP contribution in [-0.2, 0) is 6.18 Å². The second kappa shape index (κ2) is 5.68. The van der Waals surface area contributed by atoms with Crippen molar-refractivity contribution in [3.63, 3.8) is 0 Å². The van der Waals surface area contributed by atoms with E-state index in [1.54, 1.807) is 4.90 Å². The monoisotopic (exact) mass is 292 g/mol. The number of carbonyl (C=O) groups is 1. The lowest BCUT2D eigenvalue weighted by Gasteiger charge is -2.30. The molecule has 0 aliphatic carbocycles. The van der Waals surface area contributed by atoms with E-state index in [0.717, 1.165) is 0 Å². The molecule has 1 aromatic heterocycles. The number of halogens is 3. The number of nitrogens with zero attached hydrogens (tertiary/aromatic N) is 3. The van der Waals surface area contributed by atoms with Crippen molar-refractivity contribution < 1.29 is 22.4 Å². The predicted molar refractivity (Wildman–Crippen MR) is 61.9 cm³/mol. The van der Waals surface area contributed by atoms with Gasteiger partial charge >= 0.3 is 18.1 Å². The molecule has 0 atom stereocenters. The van der Waals surface area contributed by atoms with Gasteiger partial charge in [0.2, 0.25) is 5.89 Å². The fourth-order valence-corrected chi connectivity index (χ4v) is 2.11. The lowest BCUT2D eigenvalue weighted by atomic mass is 9.97. The van der Waals surface area contributed by atoms with Gasteiger partial charge in [0.15, 0.2) is 0 Å². The summed E-state index contributed by atoms with van der Waals surface area (Å²) in [7, 11) is 0. The Labute approximate surface area is 113 Å². The molecule has 20 heavy (non-hydrogen) atoms. The molecule has 1 aliphatic heterocycles. The highest BCUT2D eigenvalue weighted by atomic mass is 19.4. The SMILES string of the molecule is CCNC(=O)N1CCC(c2nnc(C(F)(F)F)o2)CC1. The summed E-state index contributed by atoms with van der Waals surface area (Å²) in [6.45, 7) is 3.28. The molecular weight excluding hydrogens is 277 g/mol. The van der Waals surface area contributed by atoms with E-state index in [2.05, 4.69) is 19.9 Å². The smallest absolute Gasteiger partial charge is 0.417 e. The number of nitrogens with one attached hydrogen (secondary N) is 1. The minimum absolute atomic E-state index is 0.00660. The van der Waals surface area contributed by atoms with Crippen LogP contribution in [0.1, 0.15) is 37.5 Å². The van der Waals surface area contributed by atoms with Gasteiger partial charge in [0.05, 0.1) is 0 Å². The van der Waals surface area contributed by atoms with Gasteiger partial charge in [-0.3, -0.25) is 0 Å². The lowest BCUT2D eigenvalue weighted by molar-refractivity contribution is -0.157. The first-order valence-electron chi connectivity index (χ1n) is 6.35. The topological polar surface area (TPSA) is 71.3 Å². The zero-order chi connectivity index (χ0) is 14.8. The van der Waals surface area contributed by atoms with Crippen LogP contribution in [0.15, 0.2) is 4.42 Å². The predicted octanol–water partition coefficient (Wildman–Crippen LogP) is 2.00. The van der Waals surface area contributed by atoms with E-state index in [9.17, 15) is 18.0 Å². The van der Waals surface area contributed by atoms with Gasteiger partial charge < -0.3 is 14.6 Å². The minimum atomic E-state index is -4.62. The molecule has 9 heteroatoms. The number of hydrogen-bond acceptors (Lipinski definition) is 4. The van der Waals surface area contributed by atoms with Gasteiger partial charge in [-0.15, -0.1) is 10.2 Å². The molecule has 2 rings (SSSR count). The number of hydrogen-bond donors (Lipinski definition) is 1. The molecule has 1 aliphatic rings. The maximum absolute atomic E-state index is 12.4. The van der Waals surface area contributed by atoms with Crippen molar-refractivity contribution in [2.45, 2.75) is 31.9 Å². The zero-order valence-corrected chi connectivity index (χ0v) is 10.9. The van der Waals surface area contributed by atoms with Crippen LogP contribution in [0.2, 0.25) is 0 Å². The third kappa shape index (κ3) is 3.20. The van der Waals surface area contributed by atoms with Crippen molar-refractivity contribution in [1.82, 2.24) is 20.4 Å². The second-order valence-electron chi connectivity index (χ2n) is 4.54. The van der Waals surface area contributed by atoms with Crippen LogP contribution in [0.4, 0.5) is 18.0 Å². The first-order chi connectivity index (χ1) is 9.41.